The highest BCUT2D eigenvalue weighted by molar-refractivity contribution is 5.37. The number of nitrogens with one attached hydrogen (secondary N) is 1. The summed E-state index contributed by atoms with van der Waals surface area (Å²) in [5.41, 5.74) is 3.00. The Morgan fingerprint density at radius 2 is 2.12 bits per heavy atom. The summed E-state index contributed by atoms with van der Waals surface area (Å²) >= 11 is 0. The Morgan fingerprint density at radius 1 is 1.25 bits per heavy atom. The van der Waals surface area contributed by atoms with Gasteiger partial charge in [-0.15, -0.1) is 0 Å². The molecule has 1 saturated carbocycles. The zero-order chi connectivity index (χ0) is 11.0. The third-order valence-corrected chi connectivity index (χ3v) is 3.84. The van der Waals surface area contributed by atoms with Crippen LogP contribution in [0, 0.1) is 0 Å². The van der Waals surface area contributed by atoms with Gasteiger partial charge >= 0.3 is 0 Å². The van der Waals surface area contributed by atoms with E-state index < -0.39 is 0 Å². The van der Waals surface area contributed by atoms with E-state index in [1.54, 1.807) is 0 Å². The molecule has 16 heavy (non-hydrogen) atoms. The maximum absolute atomic E-state index is 6.08. The van der Waals surface area contributed by atoms with Crippen LogP contribution < -0.4 is 10.1 Å². The zero-order valence-corrected chi connectivity index (χ0v) is 9.88. The monoisotopic (exact) mass is 217 g/mol. The van der Waals surface area contributed by atoms with Gasteiger partial charge in [-0.1, -0.05) is 6.07 Å². The minimum Gasteiger partial charge on any atom is -0.488 e. The van der Waals surface area contributed by atoms with Gasteiger partial charge in [0.2, 0.25) is 0 Å². The summed E-state index contributed by atoms with van der Waals surface area (Å²) in [7, 11) is 0. The van der Waals surface area contributed by atoms with Gasteiger partial charge in [-0.2, -0.15) is 0 Å². The molecule has 0 atom stereocenters. The van der Waals surface area contributed by atoms with Gasteiger partial charge in [0.05, 0.1) is 0 Å². The number of ether oxygens (including phenoxy) is 1. The van der Waals surface area contributed by atoms with Gasteiger partial charge in [-0.05, 0) is 62.4 Å². The predicted molar refractivity (Wildman–Crippen MR) is 64.7 cm³/mol. The fraction of sp³-hybridized carbons (Fsp3) is 0.571. The molecule has 86 valence electrons. The molecule has 0 amide bonds. The van der Waals surface area contributed by atoms with Crippen LogP contribution in [0.4, 0.5) is 0 Å². The summed E-state index contributed by atoms with van der Waals surface area (Å²) in [6.45, 7) is 4.32. The van der Waals surface area contributed by atoms with Crippen molar-refractivity contribution in [1.82, 2.24) is 5.32 Å². The summed E-state index contributed by atoms with van der Waals surface area (Å²) in [5.74, 6) is 1.06. The van der Waals surface area contributed by atoms with Crippen molar-refractivity contribution in [3.05, 3.63) is 29.3 Å². The second kappa shape index (κ2) is 3.77. The highest BCUT2D eigenvalue weighted by Crippen LogP contribution is 2.36. The average molecular weight is 217 g/mol. The van der Waals surface area contributed by atoms with E-state index in [2.05, 4.69) is 30.4 Å². The molecule has 1 fully saturated rings. The van der Waals surface area contributed by atoms with Crippen LogP contribution in [0.25, 0.3) is 0 Å². The molecule has 0 aromatic heterocycles. The maximum atomic E-state index is 6.08. The number of hydrogen-bond donors (Lipinski definition) is 1. The Labute approximate surface area is 97.0 Å². The van der Waals surface area contributed by atoms with Gasteiger partial charge in [0.25, 0.3) is 0 Å². The van der Waals surface area contributed by atoms with Crippen molar-refractivity contribution >= 4 is 0 Å². The molecule has 0 spiro atoms. The van der Waals surface area contributed by atoms with Crippen LogP contribution >= 0.6 is 0 Å². The standard InChI is InChI=1S/C14H19NO/c1-14(6-2-7-14)16-13-4-3-12-10-15-8-5-11(12)9-13/h3-4,9,15H,2,5-8,10H2,1H3. The van der Waals surface area contributed by atoms with Crippen LogP contribution in [0.15, 0.2) is 18.2 Å². The van der Waals surface area contributed by atoms with E-state index in [0.29, 0.717) is 0 Å². The van der Waals surface area contributed by atoms with E-state index in [1.807, 2.05) is 0 Å². The summed E-state index contributed by atoms with van der Waals surface area (Å²) in [6, 6.07) is 6.56. The number of hydrogen-bond acceptors (Lipinski definition) is 2. The molecule has 3 rings (SSSR count). The molecule has 1 aliphatic heterocycles. The molecule has 1 aromatic rings. The van der Waals surface area contributed by atoms with Crippen molar-refractivity contribution in [3.63, 3.8) is 0 Å². The lowest BCUT2D eigenvalue weighted by atomic mass is 9.82. The van der Waals surface area contributed by atoms with Gasteiger partial charge in [0, 0.05) is 6.54 Å². The van der Waals surface area contributed by atoms with Crippen LogP contribution in [0.2, 0.25) is 0 Å². The quantitative estimate of drug-likeness (QED) is 0.822. The van der Waals surface area contributed by atoms with Crippen LogP contribution in [0.3, 0.4) is 0 Å². The first-order valence-electron chi connectivity index (χ1n) is 6.27. The summed E-state index contributed by atoms with van der Waals surface area (Å²) < 4.78 is 6.08. The Hall–Kier alpha value is -1.02. The normalized spacial score (nSPS) is 22.1. The SMILES string of the molecule is CC1(Oc2ccc3c(c2)CCNC3)CCC1. The first-order valence-corrected chi connectivity index (χ1v) is 6.27. The van der Waals surface area contributed by atoms with Gasteiger partial charge < -0.3 is 10.1 Å². The number of benzene rings is 1. The van der Waals surface area contributed by atoms with Crippen molar-refractivity contribution in [2.45, 2.75) is 44.8 Å². The minimum absolute atomic E-state index is 0.112. The van der Waals surface area contributed by atoms with Gasteiger partial charge in [-0.3, -0.25) is 0 Å². The van der Waals surface area contributed by atoms with Crippen LogP contribution in [0.1, 0.15) is 37.3 Å². The highest BCUT2D eigenvalue weighted by atomic mass is 16.5. The van der Waals surface area contributed by atoms with E-state index >= 15 is 0 Å². The number of rotatable bonds is 2. The average Bonchev–Trinajstić information content (AvgIpc) is 2.27. The molecule has 0 saturated heterocycles. The molecule has 0 radical (unpaired) electrons. The lowest BCUT2D eigenvalue weighted by molar-refractivity contribution is 0.0112. The predicted octanol–water partition coefficient (Wildman–Crippen LogP) is 2.65. The van der Waals surface area contributed by atoms with Crippen LogP contribution in [-0.2, 0) is 13.0 Å². The molecular weight excluding hydrogens is 198 g/mol. The maximum Gasteiger partial charge on any atom is 0.120 e. The van der Waals surface area contributed by atoms with Crippen LogP contribution in [-0.4, -0.2) is 12.1 Å². The van der Waals surface area contributed by atoms with Crippen LogP contribution in [0.5, 0.6) is 5.75 Å². The van der Waals surface area contributed by atoms with Crippen molar-refractivity contribution in [2.75, 3.05) is 6.54 Å². The van der Waals surface area contributed by atoms with Crippen molar-refractivity contribution in [1.29, 1.82) is 0 Å². The van der Waals surface area contributed by atoms with Crippen molar-refractivity contribution < 1.29 is 4.74 Å². The Balaban J connectivity index is 1.80. The molecule has 1 heterocycles. The molecule has 1 aliphatic carbocycles. The third kappa shape index (κ3) is 1.82. The van der Waals surface area contributed by atoms with Crippen molar-refractivity contribution in [3.8, 4) is 5.75 Å². The molecule has 2 aliphatic rings. The Morgan fingerprint density at radius 3 is 2.88 bits per heavy atom. The third-order valence-electron chi connectivity index (χ3n) is 3.84. The zero-order valence-electron chi connectivity index (χ0n) is 9.88. The molecule has 0 bridgehead atoms. The summed E-state index contributed by atoms with van der Waals surface area (Å²) in [6.07, 6.45) is 4.84. The first-order chi connectivity index (χ1) is 7.75. The largest absolute Gasteiger partial charge is 0.488 e. The topological polar surface area (TPSA) is 21.3 Å². The minimum atomic E-state index is 0.112. The number of fused-ring (bicyclic) bond motifs is 1. The van der Waals surface area contributed by atoms with E-state index in [9.17, 15) is 0 Å². The first kappa shape index (κ1) is 10.2. The Kier molecular flexibility index (Phi) is 2.40. The fourth-order valence-electron chi connectivity index (χ4n) is 2.58. The summed E-state index contributed by atoms with van der Waals surface area (Å²) in [5, 5.41) is 3.39. The van der Waals surface area contributed by atoms with E-state index in [0.717, 1.165) is 25.3 Å². The lowest BCUT2D eigenvalue weighted by Gasteiger charge is -2.38. The Bertz CT molecular complexity index is 396. The molecule has 1 aromatic carbocycles. The van der Waals surface area contributed by atoms with Gasteiger partial charge in [0.15, 0.2) is 0 Å². The fourth-order valence-corrected chi connectivity index (χ4v) is 2.58. The van der Waals surface area contributed by atoms with Gasteiger partial charge in [-0.25, -0.2) is 0 Å². The smallest absolute Gasteiger partial charge is 0.120 e. The second-order valence-electron chi connectivity index (χ2n) is 5.26. The second-order valence-corrected chi connectivity index (χ2v) is 5.26. The highest BCUT2D eigenvalue weighted by Gasteiger charge is 2.34. The van der Waals surface area contributed by atoms with Crippen molar-refractivity contribution in [2.24, 2.45) is 0 Å². The molecule has 2 heteroatoms. The molecule has 1 N–H and O–H groups in total. The molecule has 2 nitrogen and oxygen atoms in total. The van der Waals surface area contributed by atoms with Gasteiger partial charge in [0.1, 0.15) is 11.4 Å². The molecular formula is C14H19NO. The lowest BCUT2D eigenvalue weighted by Crippen LogP contribution is -2.39. The van der Waals surface area contributed by atoms with E-state index in [-0.39, 0.29) is 5.60 Å². The molecule has 0 unspecified atom stereocenters. The van der Waals surface area contributed by atoms with E-state index in [1.165, 1.54) is 30.4 Å². The van der Waals surface area contributed by atoms with E-state index in [4.69, 9.17) is 4.74 Å². The summed E-state index contributed by atoms with van der Waals surface area (Å²) in [4.78, 5) is 0.